The van der Waals surface area contributed by atoms with Crippen molar-refractivity contribution in [2.45, 2.75) is 57.0 Å². The van der Waals surface area contributed by atoms with Crippen molar-refractivity contribution in [3.8, 4) is 0 Å². The first kappa shape index (κ1) is 12.3. The smallest absolute Gasteiger partial charge is 0.110 e. The van der Waals surface area contributed by atoms with Gasteiger partial charge in [-0.1, -0.05) is 6.42 Å². The van der Waals surface area contributed by atoms with Gasteiger partial charge in [-0.3, -0.25) is 4.98 Å². The molecule has 2 aliphatic rings. The highest BCUT2D eigenvalue weighted by Gasteiger charge is 2.28. The Kier molecular flexibility index (Phi) is 3.19. The molecule has 0 radical (unpaired) electrons. The first-order chi connectivity index (χ1) is 9.92. The summed E-state index contributed by atoms with van der Waals surface area (Å²) in [6, 6.07) is 3.49. The average Bonchev–Trinajstić information content (AvgIpc) is 3.27. The molecule has 20 heavy (non-hydrogen) atoms. The molecule has 0 bridgehead atoms. The van der Waals surface area contributed by atoms with Crippen molar-refractivity contribution in [3.05, 3.63) is 24.3 Å². The van der Waals surface area contributed by atoms with Crippen LogP contribution in [0.1, 0.15) is 50.4 Å². The summed E-state index contributed by atoms with van der Waals surface area (Å²) in [7, 11) is 0. The Bertz CT molecular complexity index is 594. The molecule has 2 fully saturated rings. The minimum absolute atomic E-state index is 0.689. The van der Waals surface area contributed by atoms with Crippen molar-refractivity contribution in [1.82, 2.24) is 19.9 Å². The van der Waals surface area contributed by atoms with Crippen LogP contribution in [0.3, 0.4) is 0 Å². The second-order valence-corrected chi connectivity index (χ2v) is 6.18. The Hall–Kier alpha value is -1.42. The van der Waals surface area contributed by atoms with E-state index in [2.05, 4.69) is 20.9 Å². The molecule has 1 unspecified atom stereocenters. The van der Waals surface area contributed by atoms with Crippen LogP contribution in [0.4, 0.5) is 0 Å². The Balaban J connectivity index is 1.57. The lowest BCUT2D eigenvalue weighted by Gasteiger charge is -2.23. The second kappa shape index (κ2) is 5.17. The fourth-order valence-electron chi connectivity index (χ4n) is 3.39. The summed E-state index contributed by atoms with van der Waals surface area (Å²) in [4.78, 5) is 9.04. The van der Waals surface area contributed by atoms with Crippen LogP contribution < -0.4 is 5.32 Å². The monoisotopic (exact) mass is 270 g/mol. The quantitative estimate of drug-likeness (QED) is 0.929. The number of nitrogens with zero attached hydrogens (tertiary/aromatic N) is 3. The van der Waals surface area contributed by atoms with E-state index in [-0.39, 0.29) is 0 Å². The zero-order valence-corrected chi connectivity index (χ0v) is 11.9. The lowest BCUT2D eigenvalue weighted by molar-refractivity contribution is 0.379. The van der Waals surface area contributed by atoms with Gasteiger partial charge in [0.15, 0.2) is 0 Å². The molecule has 106 valence electrons. The molecule has 4 heteroatoms. The molecule has 1 atom stereocenters. The van der Waals surface area contributed by atoms with E-state index < -0.39 is 0 Å². The Morgan fingerprint density at radius 2 is 2.20 bits per heavy atom. The number of hydrogen-bond acceptors (Lipinski definition) is 3. The first-order valence-electron chi connectivity index (χ1n) is 7.96. The maximum atomic E-state index is 4.83. The van der Waals surface area contributed by atoms with Gasteiger partial charge < -0.3 is 9.88 Å². The molecule has 1 N–H and O–H groups in total. The molecular formula is C16H22N4. The number of aromatic nitrogens is 3. The third-order valence-corrected chi connectivity index (χ3v) is 4.61. The molecule has 0 spiro atoms. The second-order valence-electron chi connectivity index (χ2n) is 6.18. The van der Waals surface area contributed by atoms with Crippen molar-refractivity contribution in [1.29, 1.82) is 0 Å². The fraction of sp³-hybridized carbons (Fsp3) is 0.625. The average molecular weight is 270 g/mol. The van der Waals surface area contributed by atoms with Gasteiger partial charge in [-0.25, -0.2) is 4.98 Å². The number of rotatable bonds is 4. The third kappa shape index (κ3) is 2.33. The molecule has 0 aromatic carbocycles. The van der Waals surface area contributed by atoms with Gasteiger partial charge in [0.2, 0.25) is 0 Å². The van der Waals surface area contributed by atoms with Crippen molar-refractivity contribution < 1.29 is 0 Å². The standard InChI is InChI=1S/C16H22N4/c1-2-9-18-12(3-1)4-7-16-19-14-11-17-10-8-15(14)20(16)13-5-6-13/h8,10-13,18H,1-7,9H2. The van der Waals surface area contributed by atoms with Gasteiger partial charge in [-0.15, -0.1) is 0 Å². The van der Waals surface area contributed by atoms with E-state index in [1.165, 1.54) is 56.4 Å². The van der Waals surface area contributed by atoms with Crippen LogP contribution in [-0.4, -0.2) is 27.1 Å². The SMILES string of the molecule is c1cc2c(cn1)nc(CCC1CCCCN1)n2C1CC1. The first-order valence-corrected chi connectivity index (χ1v) is 7.96. The highest BCUT2D eigenvalue weighted by atomic mass is 15.1. The van der Waals surface area contributed by atoms with E-state index in [1.54, 1.807) is 0 Å². The molecule has 1 saturated carbocycles. The van der Waals surface area contributed by atoms with E-state index in [0.29, 0.717) is 12.1 Å². The van der Waals surface area contributed by atoms with Crippen LogP contribution in [0.5, 0.6) is 0 Å². The molecule has 1 aliphatic carbocycles. The van der Waals surface area contributed by atoms with Crippen LogP contribution in [0, 0.1) is 0 Å². The zero-order valence-electron chi connectivity index (χ0n) is 11.9. The van der Waals surface area contributed by atoms with Gasteiger partial charge >= 0.3 is 0 Å². The molecule has 1 saturated heterocycles. The molecule has 4 rings (SSSR count). The van der Waals surface area contributed by atoms with Gasteiger partial charge in [0.05, 0.1) is 11.7 Å². The Morgan fingerprint density at radius 1 is 1.25 bits per heavy atom. The molecule has 3 heterocycles. The minimum Gasteiger partial charge on any atom is -0.325 e. The molecule has 2 aromatic rings. The summed E-state index contributed by atoms with van der Waals surface area (Å²) < 4.78 is 2.47. The highest BCUT2D eigenvalue weighted by Crippen LogP contribution is 2.38. The topological polar surface area (TPSA) is 42.7 Å². The van der Waals surface area contributed by atoms with Crippen LogP contribution in [0.2, 0.25) is 0 Å². The maximum absolute atomic E-state index is 4.83. The van der Waals surface area contributed by atoms with E-state index in [1.807, 2.05) is 12.4 Å². The number of imidazole rings is 1. The largest absolute Gasteiger partial charge is 0.325 e. The normalized spacial score (nSPS) is 23.3. The van der Waals surface area contributed by atoms with Crippen LogP contribution in [0.25, 0.3) is 11.0 Å². The van der Waals surface area contributed by atoms with Crippen molar-refractivity contribution in [3.63, 3.8) is 0 Å². The van der Waals surface area contributed by atoms with Gasteiger partial charge in [-0.05, 0) is 44.7 Å². The summed E-state index contributed by atoms with van der Waals surface area (Å²) >= 11 is 0. The van der Waals surface area contributed by atoms with E-state index in [0.717, 1.165) is 11.9 Å². The summed E-state index contributed by atoms with van der Waals surface area (Å²) in [6.07, 6.45) is 12.7. The summed E-state index contributed by atoms with van der Waals surface area (Å²) in [6.45, 7) is 1.19. The van der Waals surface area contributed by atoms with Gasteiger partial charge in [-0.2, -0.15) is 0 Å². The van der Waals surface area contributed by atoms with Crippen LogP contribution >= 0.6 is 0 Å². The van der Waals surface area contributed by atoms with Crippen molar-refractivity contribution in [2.24, 2.45) is 0 Å². The molecule has 1 aliphatic heterocycles. The van der Waals surface area contributed by atoms with Gasteiger partial charge in [0.25, 0.3) is 0 Å². The Morgan fingerprint density at radius 3 is 3.00 bits per heavy atom. The summed E-state index contributed by atoms with van der Waals surface area (Å²) in [5, 5.41) is 3.64. The number of aryl methyl sites for hydroxylation is 1. The predicted molar refractivity (Wildman–Crippen MR) is 79.8 cm³/mol. The molecular weight excluding hydrogens is 248 g/mol. The summed E-state index contributed by atoms with van der Waals surface area (Å²) in [5.74, 6) is 1.27. The number of hydrogen-bond donors (Lipinski definition) is 1. The zero-order chi connectivity index (χ0) is 13.4. The van der Waals surface area contributed by atoms with Gasteiger partial charge in [0, 0.05) is 24.7 Å². The molecule has 0 amide bonds. The maximum Gasteiger partial charge on any atom is 0.110 e. The minimum atomic E-state index is 0.689. The van der Waals surface area contributed by atoms with E-state index >= 15 is 0 Å². The van der Waals surface area contributed by atoms with Crippen molar-refractivity contribution in [2.75, 3.05) is 6.54 Å². The predicted octanol–water partition coefficient (Wildman–Crippen LogP) is 2.84. The fourth-order valence-corrected chi connectivity index (χ4v) is 3.39. The number of piperidine rings is 1. The number of pyridine rings is 1. The lowest BCUT2D eigenvalue weighted by Crippen LogP contribution is -2.34. The van der Waals surface area contributed by atoms with E-state index in [9.17, 15) is 0 Å². The van der Waals surface area contributed by atoms with Crippen molar-refractivity contribution >= 4 is 11.0 Å². The third-order valence-electron chi connectivity index (χ3n) is 4.61. The molecule has 2 aromatic heterocycles. The van der Waals surface area contributed by atoms with Crippen LogP contribution in [-0.2, 0) is 6.42 Å². The Labute approximate surface area is 119 Å². The number of nitrogens with one attached hydrogen (secondary N) is 1. The summed E-state index contributed by atoms with van der Waals surface area (Å²) in [5.41, 5.74) is 2.33. The van der Waals surface area contributed by atoms with Crippen LogP contribution in [0.15, 0.2) is 18.5 Å². The number of fused-ring (bicyclic) bond motifs is 1. The van der Waals surface area contributed by atoms with E-state index in [4.69, 9.17) is 4.98 Å². The lowest BCUT2D eigenvalue weighted by atomic mass is 10.0. The molecule has 4 nitrogen and oxygen atoms in total. The van der Waals surface area contributed by atoms with Gasteiger partial charge in [0.1, 0.15) is 11.3 Å². The highest BCUT2D eigenvalue weighted by molar-refractivity contribution is 5.75.